The van der Waals surface area contributed by atoms with Crippen molar-refractivity contribution in [3.63, 3.8) is 0 Å². The summed E-state index contributed by atoms with van der Waals surface area (Å²) < 4.78 is 5.83. The molecule has 0 amide bonds. The Morgan fingerprint density at radius 3 is 2.63 bits per heavy atom. The lowest BCUT2D eigenvalue weighted by molar-refractivity contribution is 0.0243. The molecule has 150 valence electrons. The van der Waals surface area contributed by atoms with Gasteiger partial charge in [0.2, 0.25) is 0 Å². The number of rotatable bonds is 6. The quantitative estimate of drug-likeness (QED) is 0.594. The van der Waals surface area contributed by atoms with Crippen LogP contribution in [0.1, 0.15) is 57.1 Å². The number of hydrogen-bond acceptors (Lipinski definition) is 3. The first-order valence-corrected chi connectivity index (χ1v) is 10.5. The zero-order valence-corrected chi connectivity index (χ0v) is 17.3. The summed E-state index contributed by atoms with van der Waals surface area (Å²) in [5.74, 6) is 0.831. The summed E-state index contributed by atoms with van der Waals surface area (Å²) in [6.45, 7) is 9.26. The second kappa shape index (κ2) is 9.56. The molecular formula is C22H36N4O. The summed E-state index contributed by atoms with van der Waals surface area (Å²) in [7, 11) is 1.82. The number of hydrogen-bond donors (Lipinski definition) is 2. The fourth-order valence-electron chi connectivity index (χ4n) is 4.04. The highest BCUT2D eigenvalue weighted by Gasteiger charge is 2.29. The van der Waals surface area contributed by atoms with E-state index in [-0.39, 0.29) is 5.60 Å². The van der Waals surface area contributed by atoms with E-state index in [1.807, 2.05) is 7.05 Å². The second-order valence-corrected chi connectivity index (χ2v) is 8.31. The van der Waals surface area contributed by atoms with Crippen LogP contribution in [0.15, 0.2) is 29.3 Å². The molecule has 5 nitrogen and oxygen atoms in total. The molecule has 0 radical (unpaired) electrons. The number of aliphatic imine (C=N–C) groups is 1. The van der Waals surface area contributed by atoms with Gasteiger partial charge in [-0.15, -0.1) is 0 Å². The lowest BCUT2D eigenvalue weighted by Crippen LogP contribution is -2.45. The third kappa shape index (κ3) is 5.94. The van der Waals surface area contributed by atoms with Crippen LogP contribution in [0.3, 0.4) is 0 Å². The van der Waals surface area contributed by atoms with E-state index in [0.29, 0.717) is 6.04 Å². The van der Waals surface area contributed by atoms with Gasteiger partial charge in [0.1, 0.15) is 0 Å². The van der Waals surface area contributed by atoms with Crippen molar-refractivity contribution >= 4 is 5.96 Å². The van der Waals surface area contributed by atoms with Crippen LogP contribution >= 0.6 is 0 Å². The predicted molar refractivity (Wildman–Crippen MR) is 112 cm³/mol. The van der Waals surface area contributed by atoms with Gasteiger partial charge in [-0.05, 0) is 57.2 Å². The highest BCUT2D eigenvalue weighted by molar-refractivity contribution is 5.79. The molecule has 2 fully saturated rings. The molecule has 5 heteroatoms. The average Bonchev–Trinajstić information content (AvgIpc) is 3.12. The largest absolute Gasteiger partial charge is 0.373 e. The van der Waals surface area contributed by atoms with E-state index in [4.69, 9.17) is 4.74 Å². The standard InChI is InChI=1S/C22H36N4O/c1-18-7-4-5-13-26(18)16-20-10-8-19(9-11-20)15-24-21(23-3)25-17-22(2)12-6-14-27-22/h8-11,18H,4-7,12-17H2,1-3H3,(H2,23,24,25). The molecule has 0 saturated carbocycles. The van der Waals surface area contributed by atoms with Gasteiger partial charge in [0.25, 0.3) is 0 Å². The van der Waals surface area contributed by atoms with Crippen molar-refractivity contribution in [1.29, 1.82) is 0 Å². The van der Waals surface area contributed by atoms with E-state index in [1.54, 1.807) is 0 Å². The maximum Gasteiger partial charge on any atom is 0.191 e. The monoisotopic (exact) mass is 372 g/mol. The summed E-state index contributed by atoms with van der Waals surface area (Å²) in [6, 6.07) is 9.70. The number of nitrogens with zero attached hydrogens (tertiary/aromatic N) is 2. The molecule has 2 aliphatic heterocycles. The van der Waals surface area contributed by atoms with Crippen LogP contribution in [0, 0.1) is 0 Å². The second-order valence-electron chi connectivity index (χ2n) is 8.31. The third-order valence-electron chi connectivity index (χ3n) is 5.96. The smallest absolute Gasteiger partial charge is 0.191 e. The molecule has 1 aromatic rings. The van der Waals surface area contributed by atoms with Gasteiger partial charge in [-0.2, -0.15) is 0 Å². The van der Waals surface area contributed by atoms with Crippen LogP contribution in [0.5, 0.6) is 0 Å². The minimum absolute atomic E-state index is 0.0646. The van der Waals surface area contributed by atoms with Gasteiger partial charge in [0.15, 0.2) is 5.96 Å². The Kier molecular flexibility index (Phi) is 7.13. The SMILES string of the molecule is CN=C(NCc1ccc(CN2CCCCC2C)cc1)NCC1(C)CCCO1. The first kappa shape index (κ1) is 20.2. The van der Waals surface area contributed by atoms with E-state index in [1.165, 1.54) is 36.9 Å². The molecule has 2 aliphatic rings. The van der Waals surface area contributed by atoms with Crippen LogP contribution in [-0.2, 0) is 17.8 Å². The van der Waals surface area contributed by atoms with Crippen molar-refractivity contribution in [2.45, 2.75) is 70.7 Å². The van der Waals surface area contributed by atoms with Gasteiger partial charge in [0.05, 0.1) is 5.60 Å². The number of likely N-dealkylation sites (tertiary alicyclic amines) is 1. The zero-order valence-electron chi connectivity index (χ0n) is 17.3. The molecule has 0 spiro atoms. The van der Waals surface area contributed by atoms with E-state index in [9.17, 15) is 0 Å². The zero-order chi connectivity index (χ0) is 19.1. The van der Waals surface area contributed by atoms with Crippen molar-refractivity contribution in [3.05, 3.63) is 35.4 Å². The lowest BCUT2D eigenvalue weighted by atomic mass is 10.0. The van der Waals surface area contributed by atoms with Crippen molar-refractivity contribution in [3.8, 4) is 0 Å². The van der Waals surface area contributed by atoms with Gasteiger partial charge in [-0.3, -0.25) is 9.89 Å². The van der Waals surface area contributed by atoms with E-state index >= 15 is 0 Å². The van der Waals surface area contributed by atoms with Crippen molar-refractivity contribution in [2.24, 2.45) is 4.99 Å². The average molecular weight is 373 g/mol. The lowest BCUT2D eigenvalue weighted by Gasteiger charge is -2.33. The molecule has 0 bridgehead atoms. The maximum atomic E-state index is 5.83. The molecule has 2 heterocycles. The molecule has 2 unspecified atom stereocenters. The molecule has 2 saturated heterocycles. The van der Waals surface area contributed by atoms with Crippen LogP contribution in [0.4, 0.5) is 0 Å². The van der Waals surface area contributed by atoms with Crippen LogP contribution < -0.4 is 10.6 Å². The molecule has 0 aromatic heterocycles. The molecule has 27 heavy (non-hydrogen) atoms. The molecule has 2 N–H and O–H groups in total. The van der Waals surface area contributed by atoms with Gasteiger partial charge < -0.3 is 15.4 Å². The fourth-order valence-corrected chi connectivity index (χ4v) is 4.04. The molecule has 2 atom stereocenters. The maximum absolute atomic E-state index is 5.83. The number of ether oxygens (including phenoxy) is 1. The first-order valence-electron chi connectivity index (χ1n) is 10.5. The summed E-state index contributed by atoms with van der Waals surface area (Å²) in [5.41, 5.74) is 2.61. The summed E-state index contributed by atoms with van der Waals surface area (Å²) >= 11 is 0. The van der Waals surface area contributed by atoms with Crippen LogP contribution in [0.2, 0.25) is 0 Å². The minimum Gasteiger partial charge on any atom is -0.373 e. The Labute approximate surface area is 164 Å². The third-order valence-corrected chi connectivity index (χ3v) is 5.96. The fraction of sp³-hybridized carbons (Fsp3) is 0.682. The highest BCUT2D eigenvalue weighted by Crippen LogP contribution is 2.23. The Morgan fingerprint density at radius 1 is 1.19 bits per heavy atom. The van der Waals surface area contributed by atoms with Crippen molar-refractivity contribution < 1.29 is 4.74 Å². The van der Waals surface area contributed by atoms with Gasteiger partial charge in [-0.1, -0.05) is 30.7 Å². The number of guanidine groups is 1. The van der Waals surface area contributed by atoms with E-state index < -0.39 is 0 Å². The number of nitrogens with one attached hydrogen (secondary N) is 2. The molecular weight excluding hydrogens is 336 g/mol. The normalized spacial score (nSPS) is 26.9. The highest BCUT2D eigenvalue weighted by atomic mass is 16.5. The minimum atomic E-state index is -0.0646. The number of benzene rings is 1. The van der Waals surface area contributed by atoms with E-state index in [2.05, 4.69) is 58.6 Å². The molecule has 0 aliphatic carbocycles. The van der Waals surface area contributed by atoms with Gasteiger partial charge in [-0.25, -0.2) is 0 Å². The van der Waals surface area contributed by atoms with Crippen LogP contribution in [-0.4, -0.2) is 49.2 Å². The van der Waals surface area contributed by atoms with Gasteiger partial charge >= 0.3 is 0 Å². The Morgan fingerprint density at radius 2 is 1.96 bits per heavy atom. The summed E-state index contributed by atoms with van der Waals surface area (Å²) in [4.78, 5) is 6.94. The molecule has 3 rings (SSSR count). The topological polar surface area (TPSA) is 48.9 Å². The van der Waals surface area contributed by atoms with Crippen LogP contribution in [0.25, 0.3) is 0 Å². The Balaban J connectivity index is 1.44. The predicted octanol–water partition coefficient (Wildman–Crippen LogP) is 3.30. The van der Waals surface area contributed by atoms with Crippen molar-refractivity contribution in [2.75, 3.05) is 26.7 Å². The first-order chi connectivity index (χ1) is 13.1. The summed E-state index contributed by atoms with van der Waals surface area (Å²) in [5, 5.41) is 6.81. The number of piperidine rings is 1. The van der Waals surface area contributed by atoms with E-state index in [0.717, 1.165) is 45.0 Å². The Hall–Kier alpha value is -1.59. The van der Waals surface area contributed by atoms with Crippen molar-refractivity contribution in [1.82, 2.24) is 15.5 Å². The summed E-state index contributed by atoms with van der Waals surface area (Å²) in [6.07, 6.45) is 6.30. The molecule has 1 aromatic carbocycles. The Bertz CT molecular complexity index is 607. The van der Waals surface area contributed by atoms with Gasteiger partial charge in [0, 0.05) is 39.3 Å².